The number of carbonyl (C=O) groups is 1. The molecule has 6 nitrogen and oxygen atoms in total. The lowest BCUT2D eigenvalue weighted by molar-refractivity contribution is -0.119. The molecule has 1 aliphatic rings. The van der Waals surface area contributed by atoms with Crippen molar-refractivity contribution >= 4 is 11.6 Å². The van der Waals surface area contributed by atoms with Crippen molar-refractivity contribution in [3.63, 3.8) is 0 Å². The van der Waals surface area contributed by atoms with E-state index in [1.165, 1.54) is 0 Å². The zero-order chi connectivity index (χ0) is 19.5. The van der Waals surface area contributed by atoms with Gasteiger partial charge in [0.1, 0.15) is 11.5 Å². The summed E-state index contributed by atoms with van der Waals surface area (Å²) in [5.41, 5.74) is 3.00. The molecule has 2 aromatic carbocycles. The molecule has 6 heteroatoms. The van der Waals surface area contributed by atoms with Crippen LogP contribution in [0.4, 0.5) is 5.69 Å². The predicted octanol–water partition coefficient (Wildman–Crippen LogP) is 3.46. The molecule has 1 amide bonds. The summed E-state index contributed by atoms with van der Waals surface area (Å²) < 4.78 is 7.64. The summed E-state index contributed by atoms with van der Waals surface area (Å²) in [6.07, 6.45) is 3.82. The van der Waals surface area contributed by atoms with Crippen molar-refractivity contribution in [2.24, 2.45) is 13.0 Å². The number of amides is 1. The lowest BCUT2D eigenvalue weighted by Gasteiger charge is -2.17. The molecule has 2 N–H and O–H groups in total. The first-order valence-electron chi connectivity index (χ1n) is 9.43. The number of ether oxygens (including phenoxy) is 1. The van der Waals surface area contributed by atoms with E-state index in [0.29, 0.717) is 6.54 Å². The Hall–Kier alpha value is -3.12. The van der Waals surface area contributed by atoms with E-state index in [4.69, 9.17) is 4.74 Å². The number of nitrogens with zero attached hydrogens (tertiary/aromatic N) is 2. The van der Waals surface area contributed by atoms with E-state index in [-0.39, 0.29) is 17.7 Å². The minimum atomic E-state index is -0.118. The zero-order valence-corrected chi connectivity index (χ0v) is 16.1. The highest BCUT2D eigenvalue weighted by Gasteiger charge is 2.34. The van der Waals surface area contributed by atoms with Crippen LogP contribution in [0.25, 0.3) is 0 Å². The Labute approximate surface area is 164 Å². The van der Waals surface area contributed by atoms with Gasteiger partial charge in [-0.2, -0.15) is 5.10 Å². The summed E-state index contributed by atoms with van der Waals surface area (Å²) in [6.45, 7) is 3.48. The molecule has 1 aliphatic heterocycles. The second-order valence-corrected chi connectivity index (χ2v) is 7.25. The van der Waals surface area contributed by atoms with E-state index in [0.717, 1.165) is 34.9 Å². The van der Waals surface area contributed by atoms with Gasteiger partial charge in [-0.05, 0) is 54.4 Å². The van der Waals surface area contributed by atoms with Crippen molar-refractivity contribution in [2.45, 2.75) is 12.8 Å². The number of nitrogens with one attached hydrogen (secondary N) is 2. The first-order valence-corrected chi connectivity index (χ1v) is 9.43. The Balaban J connectivity index is 1.40. The molecular weight excluding hydrogens is 352 g/mol. The number of benzene rings is 2. The third kappa shape index (κ3) is 4.07. The molecule has 0 unspecified atom stereocenters. The fourth-order valence-corrected chi connectivity index (χ4v) is 3.59. The van der Waals surface area contributed by atoms with Gasteiger partial charge in [0.25, 0.3) is 0 Å². The maximum atomic E-state index is 12.8. The smallest absolute Gasteiger partial charge is 0.229 e. The molecule has 0 aliphatic carbocycles. The summed E-state index contributed by atoms with van der Waals surface area (Å²) in [7, 11) is 1.89. The van der Waals surface area contributed by atoms with Crippen molar-refractivity contribution in [3.05, 3.63) is 72.1 Å². The summed E-state index contributed by atoms with van der Waals surface area (Å²) in [6, 6.07) is 15.4. The molecule has 2 atom stereocenters. The molecular formula is C22H24N4O2. The van der Waals surface area contributed by atoms with Crippen LogP contribution in [0.1, 0.15) is 17.0 Å². The van der Waals surface area contributed by atoms with Gasteiger partial charge in [0.2, 0.25) is 5.91 Å². The minimum absolute atomic E-state index is 0.0196. The highest BCUT2D eigenvalue weighted by Crippen LogP contribution is 2.29. The number of hydrogen-bond donors (Lipinski definition) is 2. The van der Waals surface area contributed by atoms with Crippen molar-refractivity contribution in [2.75, 3.05) is 18.4 Å². The van der Waals surface area contributed by atoms with E-state index in [9.17, 15) is 4.79 Å². The van der Waals surface area contributed by atoms with Gasteiger partial charge >= 0.3 is 0 Å². The number of rotatable bonds is 5. The predicted molar refractivity (Wildman–Crippen MR) is 109 cm³/mol. The van der Waals surface area contributed by atoms with Gasteiger partial charge in [-0.1, -0.05) is 12.1 Å². The number of anilines is 1. The Morgan fingerprint density at radius 2 is 2.00 bits per heavy atom. The minimum Gasteiger partial charge on any atom is -0.457 e. The molecule has 0 bridgehead atoms. The van der Waals surface area contributed by atoms with E-state index in [1.807, 2.05) is 74.9 Å². The van der Waals surface area contributed by atoms with Crippen LogP contribution in [0.3, 0.4) is 0 Å². The van der Waals surface area contributed by atoms with Gasteiger partial charge in [-0.15, -0.1) is 0 Å². The average molecular weight is 376 g/mol. The Bertz CT molecular complexity index is 965. The fourth-order valence-electron chi connectivity index (χ4n) is 3.59. The van der Waals surface area contributed by atoms with Gasteiger partial charge in [0.05, 0.1) is 12.1 Å². The Kier molecular flexibility index (Phi) is 5.12. The number of aryl methyl sites for hydroxylation is 2. The summed E-state index contributed by atoms with van der Waals surface area (Å²) in [4.78, 5) is 12.8. The Morgan fingerprint density at radius 3 is 2.71 bits per heavy atom. The van der Waals surface area contributed by atoms with Gasteiger partial charge < -0.3 is 15.4 Å². The van der Waals surface area contributed by atoms with Gasteiger partial charge in [0, 0.05) is 37.9 Å². The monoisotopic (exact) mass is 376 g/mol. The standard InChI is InChI=1S/C22H24N4O2/c1-15-4-3-5-19(10-15)28-18-8-6-17(7-9-18)25-22(27)21-13-23-12-20(21)16-11-24-26(2)14-16/h3-11,14,20-21,23H,12-13H2,1-2H3,(H,25,27)/t20-,21+/m1/s1. The second-order valence-electron chi connectivity index (χ2n) is 7.25. The van der Waals surface area contributed by atoms with Crippen LogP contribution in [0, 0.1) is 12.8 Å². The summed E-state index contributed by atoms with van der Waals surface area (Å²) in [5, 5.41) is 10.6. The van der Waals surface area contributed by atoms with Gasteiger partial charge in [0.15, 0.2) is 0 Å². The van der Waals surface area contributed by atoms with Crippen LogP contribution in [-0.2, 0) is 11.8 Å². The molecule has 2 heterocycles. The van der Waals surface area contributed by atoms with Crippen LogP contribution >= 0.6 is 0 Å². The summed E-state index contributed by atoms with van der Waals surface area (Å²) >= 11 is 0. The largest absolute Gasteiger partial charge is 0.457 e. The van der Waals surface area contributed by atoms with Crippen molar-refractivity contribution in [3.8, 4) is 11.5 Å². The van der Waals surface area contributed by atoms with Crippen LogP contribution in [0.5, 0.6) is 11.5 Å². The first-order chi connectivity index (χ1) is 13.6. The fraction of sp³-hybridized carbons (Fsp3) is 0.273. The average Bonchev–Trinajstić information content (AvgIpc) is 3.32. The molecule has 0 saturated carbocycles. The second kappa shape index (κ2) is 7.86. The van der Waals surface area contributed by atoms with Crippen LogP contribution < -0.4 is 15.4 Å². The van der Waals surface area contributed by atoms with E-state index in [2.05, 4.69) is 15.7 Å². The molecule has 1 saturated heterocycles. The highest BCUT2D eigenvalue weighted by atomic mass is 16.5. The van der Waals surface area contributed by atoms with E-state index >= 15 is 0 Å². The molecule has 1 fully saturated rings. The molecule has 28 heavy (non-hydrogen) atoms. The molecule has 144 valence electrons. The lowest BCUT2D eigenvalue weighted by Crippen LogP contribution is -2.28. The van der Waals surface area contributed by atoms with E-state index < -0.39 is 0 Å². The quantitative estimate of drug-likeness (QED) is 0.716. The molecule has 0 spiro atoms. The van der Waals surface area contributed by atoms with Gasteiger partial charge in [-0.3, -0.25) is 9.48 Å². The van der Waals surface area contributed by atoms with Crippen molar-refractivity contribution in [1.29, 1.82) is 0 Å². The molecule has 3 aromatic rings. The van der Waals surface area contributed by atoms with Gasteiger partial charge in [-0.25, -0.2) is 0 Å². The SMILES string of the molecule is Cc1cccc(Oc2ccc(NC(=O)[C@H]3CNC[C@@H]3c3cnn(C)c3)cc2)c1. The van der Waals surface area contributed by atoms with Crippen molar-refractivity contribution in [1.82, 2.24) is 15.1 Å². The Morgan fingerprint density at radius 1 is 1.18 bits per heavy atom. The third-order valence-electron chi connectivity index (χ3n) is 5.05. The maximum absolute atomic E-state index is 12.8. The van der Waals surface area contributed by atoms with Crippen LogP contribution in [0.15, 0.2) is 60.9 Å². The summed E-state index contributed by atoms with van der Waals surface area (Å²) in [5.74, 6) is 1.57. The zero-order valence-electron chi connectivity index (χ0n) is 16.1. The van der Waals surface area contributed by atoms with Crippen molar-refractivity contribution < 1.29 is 9.53 Å². The maximum Gasteiger partial charge on any atom is 0.229 e. The normalized spacial score (nSPS) is 18.8. The van der Waals surface area contributed by atoms with Crippen LogP contribution in [0.2, 0.25) is 0 Å². The molecule has 4 rings (SSSR count). The molecule has 1 aromatic heterocycles. The highest BCUT2D eigenvalue weighted by molar-refractivity contribution is 5.93. The number of aromatic nitrogens is 2. The topological polar surface area (TPSA) is 68.2 Å². The van der Waals surface area contributed by atoms with Crippen LogP contribution in [-0.4, -0.2) is 28.8 Å². The number of carbonyl (C=O) groups excluding carboxylic acids is 1. The lowest BCUT2D eigenvalue weighted by atomic mass is 9.90. The number of hydrogen-bond acceptors (Lipinski definition) is 4. The first kappa shape index (κ1) is 18.3. The molecule has 0 radical (unpaired) electrons. The third-order valence-corrected chi connectivity index (χ3v) is 5.05. The van der Waals surface area contributed by atoms with E-state index in [1.54, 1.807) is 4.68 Å².